The van der Waals surface area contributed by atoms with E-state index in [1.54, 1.807) is 31.5 Å². The largest absolute Gasteiger partial charge is 0.496 e. The zero-order valence-electron chi connectivity index (χ0n) is 18.4. The number of fused-ring (bicyclic) bond motifs is 1. The van der Waals surface area contributed by atoms with E-state index >= 15 is 0 Å². The number of halogens is 1. The van der Waals surface area contributed by atoms with Crippen LogP contribution in [0.4, 0.5) is 5.95 Å². The van der Waals surface area contributed by atoms with Gasteiger partial charge in [0, 0.05) is 52.9 Å². The third-order valence-electron chi connectivity index (χ3n) is 5.81. The van der Waals surface area contributed by atoms with Gasteiger partial charge in [-0.1, -0.05) is 29.8 Å². The number of piperidine rings is 1. The molecule has 170 valence electrons. The Morgan fingerprint density at radius 1 is 1.16 bits per heavy atom. The smallest absolute Gasteiger partial charge is 0.223 e. The fraction of sp³-hybridized carbons (Fsp3) is 0.391. The van der Waals surface area contributed by atoms with E-state index < -0.39 is 15.3 Å². The second-order valence-electron chi connectivity index (χ2n) is 8.20. The number of hydrogen-bond acceptors (Lipinski definition) is 6. The van der Waals surface area contributed by atoms with Crippen LogP contribution < -0.4 is 10.1 Å². The molecule has 1 aliphatic rings. The minimum absolute atomic E-state index is 0.121. The van der Waals surface area contributed by atoms with Crippen molar-refractivity contribution in [2.24, 2.45) is 0 Å². The first-order valence-electron chi connectivity index (χ1n) is 10.6. The van der Waals surface area contributed by atoms with Gasteiger partial charge in [-0.3, -0.25) is 0 Å². The highest BCUT2D eigenvalue weighted by molar-refractivity contribution is 7.89. The lowest BCUT2D eigenvalue weighted by molar-refractivity contribution is 0.326. The third-order valence-corrected chi connectivity index (χ3v) is 8.41. The maximum atomic E-state index is 12.4. The number of rotatable bonds is 6. The first kappa shape index (κ1) is 22.8. The molecular formula is C23H27ClN4O3S. The molecule has 32 heavy (non-hydrogen) atoms. The van der Waals surface area contributed by atoms with Crippen LogP contribution >= 0.6 is 11.6 Å². The molecule has 1 aromatic heterocycles. The van der Waals surface area contributed by atoms with Crippen LogP contribution in [-0.2, 0) is 10.0 Å². The van der Waals surface area contributed by atoms with Crippen molar-refractivity contribution in [3.8, 4) is 16.9 Å². The second-order valence-corrected chi connectivity index (χ2v) is 11.1. The molecule has 2 aromatic carbocycles. The number of benzene rings is 2. The van der Waals surface area contributed by atoms with Crippen molar-refractivity contribution in [2.75, 3.05) is 25.5 Å². The maximum absolute atomic E-state index is 12.4. The minimum Gasteiger partial charge on any atom is -0.496 e. The van der Waals surface area contributed by atoms with Gasteiger partial charge in [0.15, 0.2) is 0 Å². The van der Waals surface area contributed by atoms with Gasteiger partial charge in [-0.25, -0.2) is 22.7 Å². The molecule has 1 fully saturated rings. The highest BCUT2D eigenvalue weighted by Crippen LogP contribution is 2.37. The molecule has 3 aromatic rings. The van der Waals surface area contributed by atoms with Gasteiger partial charge in [-0.15, -0.1) is 0 Å². The van der Waals surface area contributed by atoms with E-state index in [2.05, 4.69) is 15.3 Å². The van der Waals surface area contributed by atoms with Crippen molar-refractivity contribution in [3.63, 3.8) is 0 Å². The maximum Gasteiger partial charge on any atom is 0.223 e. The minimum atomic E-state index is -3.21. The van der Waals surface area contributed by atoms with E-state index in [0.717, 1.165) is 22.0 Å². The van der Waals surface area contributed by atoms with Crippen LogP contribution in [0.25, 0.3) is 22.0 Å². The summed E-state index contributed by atoms with van der Waals surface area (Å²) in [6, 6.07) is 11.6. The van der Waals surface area contributed by atoms with Crippen molar-refractivity contribution in [3.05, 3.63) is 47.6 Å². The van der Waals surface area contributed by atoms with Crippen LogP contribution in [0, 0.1) is 0 Å². The van der Waals surface area contributed by atoms with Gasteiger partial charge < -0.3 is 10.1 Å². The number of hydrogen-bond donors (Lipinski definition) is 1. The lowest BCUT2D eigenvalue weighted by Gasteiger charge is -2.32. The Morgan fingerprint density at radius 2 is 1.88 bits per heavy atom. The number of anilines is 1. The summed E-state index contributed by atoms with van der Waals surface area (Å²) in [4.78, 5) is 9.15. The van der Waals surface area contributed by atoms with Crippen molar-refractivity contribution in [1.82, 2.24) is 14.3 Å². The fourth-order valence-electron chi connectivity index (χ4n) is 3.92. The summed E-state index contributed by atoms with van der Waals surface area (Å²) in [5, 5.41) is 4.49. The van der Waals surface area contributed by atoms with E-state index in [-0.39, 0.29) is 6.04 Å². The Labute approximate surface area is 193 Å². The van der Waals surface area contributed by atoms with Crippen LogP contribution in [0.1, 0.15) is 26.7 Å². The van der Waals surface area contributed by atoms with E-state index in [4.69, 9.17) is 16.3 Å². The molecule has 0 unspecified atom stereocenters. The van der Waals surface area contributed by atoms with Crippen LogP contribution in [0.3, 0.4) is 0 Å². The summed E-state index contributed by atoms with van der Waals surface area (Å²) < 4.78 is 31.9. The molecule has 0 saturated carbocycles. The third kappa shape index (κ3) is 4.53. The Balaban J connectivity index is 1.53. The monoisotopic (exact) mass is 474 g/mol. The highest BCUT2D eigenvalue weighted by Gasteiger charge is 2.30. The quantitative estimate of drug-likeness (QED) is 0.563. The fourth-order valence-corrected chi connectivity index (χ4v) is 5.48. The molecule has 1 N–H and O–H groups in total. The van der Waals surface area contributed by atoms with Gasteiger partial charge in [0.2, 0.25) is 16.0 Å². The molecular weight excluding hydrogens is 448 g/mol. The Morgan fingerprint density at radius 3 is 2.53 bits per heavy atom. The van der Waals surface area contributed by atoms with E-state index in [1.165, 1.54) is 0 Å². The Hall–Kier alpha value is -2.42. The Kier molecular flexibility index (Phi) is 6.55. The van der Waals surface area contributed by atoms with Crippen LogP contribution in [0.5, 0.6) is 5.75 Å². The second kappa shape index (κ2) is 9.21. The zero-order chi connectivity index (χ0) is 22.9. The molecule has 0 spiro atoms. The molecule has 0 aliphatic carbocycles. The van der Waals surface area contributed by atoms with Gasteiger partial charge in [-0.2, -0.15) is 0 Å². The zero-order valence-corrected chi connectivity index (χ0v) is 19.9. The van der Waals surface area contributed by atoms with Crippen LogP contribution in [0.15, 0.2) is 42.6 Å². The standard InChI is InChI=1S/C23H27ClN4O3S/c1-15(2)32(29,30)28-10-8-17(9-11-28)26-23-25-14-16-12-19(18-6-4-5-7-20(18)24)22(31-3)13-21(16)27-23/h4-7,12-15,17H,8-11H2,1-3H3,(H,25,26,27). The Bertz CT molecular complexity index is 1230. The molecule has 0 amide bonds. The molecule has 0 radical (unpaired) electrons. The SMILES string of the molecule is COc1cc2nc(NC3CCN(S(=O)(=O)C(C)C)CC3)ncc2cc1-c1ccccc1Cl. The van der Waals surface area contributed by atoms with Crippen molar-refractivity contribution in [1.29, 1.82) is 0 Å². The number of nitrogens with zero attached hydrogens (tertiary/aromatic N) is 3. The molecule has 1 aliphatic heterocycles. The molecule has 9 heteroatoms. The predicted molar refractivity (Wildman–Crippen MR) is 129 cm³/mol. The lowest BCUT2D eigenvalue weighted by atomic mass is 10.0. The van der Waals surface area contributed by atoms with Gasteiger partial charge in [-0.05, 0) is 38.8 Å². The predicted octanol–water partition coefficient (Wildman–Crippen LogP) is 4.57. The van der Waals surface area contributed by atoms with Gasteiger partial charge in [0.05, 0.1) is 17.9 Å². The van der Waals surface area contributed by atoms with E-state index in [1.807, 2.05) is 36.4 Å². The lowest BCUT2D eigenvalue weighted by Crippen LogP contribution is -2.45. The average Bonchev–Trinajstić information content (AvgIpc) is 2.79. The molecule has 0 atom stereocenters. The molecule has 7 nitrogen and oxygen atoms in total. The van der Waals surface area contributed by atoms with Gasteiger partial charge in [0.25, 0.3) is 0 Å². The summed E-state index contributed by atoms with van der Waals surface area (Å²) in [7, 11) is -1.59. The van der Waals surface area contributed by atoms with Gasteiger partial charge >= 0.3 is 0 Å². The molecule has 1 saturated heterocycles. The average molecular weight is 475 g/mol. The number of aromatic nitrogens is 2. The summed E-state index contributed by atoms with van der Waals surface area (Å²) in [6.45, 7) is 4.43. The normalized spacial score (nSPS) is 15.9. The summed E-state index contributed by atoms with van der Waals surface area (Å²) in [6.07, 6.45) is 3.20. The van der Waals surface area contributed by atoms with Crippen LogP contribution in [0.2, 0.25) is 5.02 Å². The summed E-state index contributed by atoms with van der Waals surface area (Å²) in [5.74, 6) is 1.21. The number of methoxy groups -OCH3 is 1. The van der Waals surface area contributed by atoms with Crippen molar-refractivity contribution in [2.45, 2.75) is 38.0 Å². The summed E-state index contributed by atoms with van der Waals surface area (Å²) in [5.41, 5.74) is 2.53. The van der Waals surface area contributed by atoms with E-state index in [0.29, 0.717) is 42.7 Å². The molecule has 2 heterocycles. The number of sulfonamides is 1. The molecule has 0 bridgehead atoms. The van der Waals surface area contributed by atoms with E-state index in [9.17, 15) is 8.42 Å². The summed E-state index contributed by atoms with van der Waals surface area (Å²) >= 11 is 6.39. The first-order valence-corrected chi connectivity index (χ1v) is 12.5. The number of nitrogens with one attached hydrogen (secondary N) is 1. The first-order chi connectivity index (χ1) is 15.3. The van der Waals surface area contributed by atoms with Gasteiger partial charge in [0.1, 0.15) is 5.75 Å². The number of ether oxygens (including phenoxy) is 1. The van der Waals surface area contributed by atoms with Crippen molar-refractivity contribution >= 4 is 38.5 Å². The molecule has 4 rings (SSSR count). The van der Waals surface area contributed by atoms with Crippen LogP contribution in [-0.4, -0.2) is 54.2 Å². The topological polar surface area (TPSA) is 84.4 Å². The van der Waals surface area contributed by atoms with Crippen molar-refractivity contribution < 1.29 is 13.2 Å². The highest BCUT2D eigenvalue weighted by atomic mass is 35.5.